The summed E-state index contributed by atoms with van der Waals surface area (Å²) in [5, 5.41) is 15.3. The van der Waals surface area contributed by atoms with Crippen LogP contribution in [0, 0.1) is 0 Å². The van der Waals surface area contributed by atoms with Gasteiger partial charge in [-0.05, 0) is 169 Å². The van der Waals surface area contributed by atoms with Crippen molar-refractivity contribution in [2.45, 2.75) is 98.7 Å². The molecule has 0 spiro atoms. The molecule has 1 aliphatic heterocycles. The van der Waals surface area contributed by atoms with E-state index in [1.54, 1.807) is 0 Å². The Kier molecular flexibility index (Phi) is 6.25. The van der Waals surface area contributed by atoms with Gasteiger partial charge in [-0.2, -0.15) is 0 Å². The molecule has 4 heteroatoms. The lowest BCUT2D eigenvalue weighted by molar-refractivity contribution is 0.554. The van der Waals surface area contributed by atoms with Crippen LogP contribution < -0.4 is 21.4 Å². The molecule has 21 rings (SSSR count). The standard InChI is InChI=1S/C60H48N4/c1-2-30-4-3-29(1)37-17-45-46(18-38(30)37)54-26-56-49-21-41-33-9-11-34(12-10-33)42(41)22-50(49)58(63-56)28-60-52-24-44-36-15-13-35(14-16-36)43(44)23-51(52)59(64-60)27-57-48-20-40-32-7-5-31(6-8-32)39(40)19-47(48)55(62-57)25-53(45)61-54/h1-2,5,7,9,11,13,15,17-36,61-64H,3-4,6,8,10,12,14,16H2. The van der Waals surface area contributed by atoms with Crippen LogP contribution in [0.4, 0.5) is 0 Å². The first kappa shape index (κ1) is 34.0. The van der Waals surface area contributed by atoms with Crippen molar-refractivity contribution in [2.24, 2.45) is 0 Å². The van der Waals surface area contributed by atoms with Gasteiger partial charge in [-0.15, -0.1) is 0 Å². The maximum absolute atomic E-state index is 4.10. The second-order valence-corrected chi connectivity index (χ2v) is 21.2. The topological polar surface area (TPSA) is 63.2 Å². The highest BCUT2D eigenvalue weighted by molar-refractivity contribution is 6.02. The van der Waals surface area contributed by atoms with Gasteiger partial charge in [0.15, 0.2) is 0 Å². The predicted molar refractivity (Wildman–Crippen MR) is 261 cm³/mol. The van der Waals surface area contributed by atoms with Gasteiger partial charge in [0.25, 0.3) is 0 Å². The molecule has 8 aromatic rings. The van der Waals surface area contributed by atoms with Crippen molar-refractivity contribution in [1.29, 1.82) is 0 Å². The van der Waals surface area contributed by atoms with Crippen LogP contribution in [0.15, 0.2) is 97.1 Å². The van der Waals surface area contributed by atoms with E-state index in [1.165, 1.54) is 183 Å². The molecular weight excluding hydrogens is 777 g/mol. The molecule has 64 heavy (non-hydrogen) atoms. The average molecular weight is 825 g/mol. The fourth-order valence-electron chi connectivity index (χ4n) is 14.8. The Labute approximate surface area is 370 Å². The monoisotopic (exact) mass is 824 g/mol. The van der Waals surface area contributed by atoms with Gasteiger partial charge in [0.2, 0.25) is 0 Å². The quantitative estimate of drug-likeness (QED) is 0.110. The Morgan fingerprint density at radius 2 is 0.422 bits per heavy atom. The van der Waals surface area contributed by atoms with Crippen molar-refractivity contribution in [2.75, 3.05) is 0 Å². The van der Waals surface area contributed by atoms with Crippen molar-refractivity contribution >= 4 is 67.4 Å². The Balaban J connectivity index is 1.02. The lowest BCUT2D eigenvalue weighted by atomic mass is 9.71. The molecule has 0 saturated carbocycles. The maximum atomic E-state index is 4.10. The first-order chi connectivity index (χ1) is 31.6. The number of hydrogen-bond donors (Lipinski definition) is 4. The molecule has 5 heterocycles. The van der Waals surface area contributed by atoms with Gasteiger partial charge in [-0.25, -0.2) is 0 Å². The summed E-state index contributed by atoms with van der Waals surface area (Å²) in [5.74, 6) is 4.01. The molecule has 0 saturated heterocycles. The molecule has 4 aromatic carbocycles. The van der Waals surface area contributed by atoms with Crippen LogP contribution in [0.5, 0.6) is 0 Å². The maximum Gasteiger partial charge on any atom is 0.0486 e. The third-order valence-corrected chi connectivity index (χ3v) is 18.1. The number of nitrogens with one attached hydrogen (secondary N) is 4. The summed E-state index contributed by atoms with van der Waals surface area (Å²) in [4.78, 5) is 16.4. The average Bonchev–Trinajstić information content (AvgIpc) is 4.08. The molecule has 4 N–H and O–H groups in total. The minimum atomic E-state index is 0.502. The van der Waals surface area contributed by atoms with Gasteiger partial charge >= 0.3 is 0 Å². The molecule has 0 amide bonds. The summed E-state index contributed by atoms with van der Waals surface area (Å²) >= 11 is 0. The van der Waals surface area contributed by atoms with Gasteiger partial charge in [0, 0.05) is 135 Å². The Bertz CT molecular complexity index is 3420. The summed E-state index contributed by atoms with van der Waals surface area (Å²) in [6.07, 6.45) is 39.6. The number of H-pyrrole nitrogens is 4. The largest absolute Gasteiger partial charge is 0.354 e. The van der Waals surface area contributed by atoms with Crippen molar-refractivity contribution in [3.8, 4) is 0 Å². The summed E-state index contributed by atoms with van der Waals surface area (Å²) < 4.78 is 0. The summed E-state index contributed by atoms with van der Waals surface area (Å²) in [7, 11) is 0. The molecular formula is C60H48N4. The van der Waals surface area contributed by atoms with Gasteiger partial charge in [0.1, 0.15) is 0 Å². The lowest BCUT2D eigenvalue weighted by Crippen LogP contribution is -2.17. The zero-order valence-corrected chi connectivity index (χ0v) is 35.8. The number of hydrogen-bond acceptors (Lipinski definition) is 0. The van der Waals surface area contributed by atoms with E-state index in [0.29, 0.717) is 47.3 Å². The SMILES string of the molecule is C1=CC2CCC1c1cc3c4[nH]c(c3cc12)C=c1[nH]c(c2cc3c(cc12)C1C=CC3CC1)=Cc1[nH]c(c2cc3c(cc12)C1C=CC3CC1)C=c1[nH]c(c2cc3c(cc12)C1C=CC3CC1)=C4. The first-order valence-corrected chi connectivity index (χ1v) is 24.5. The van der Waals surface area contributed by atoms with Crippen LogP contribution in [0.2, 0.25) is 0 Å². The van der Waals surface area contributed by atoms with Gasteiger partial charge in [-0.3, -0.25) is 0 Å². The van der Waals surface area contributed by atoms with Gasteiger partial charge in [-0.1, -0.05) is 48.6 Å². The number of aromatic amines is 4. The molecule has 8 atom stereocenters. The summed E-state index contributed by atoms with van der Waals surface area (Å²) in [5.41, 5.74) is 16.9. The Hall–Kier alpha value is -6.52. The van der Waals surface area contributed by atoms with E-state index in [0.717, 1.165) is 0 Å². The van der Waals surface area contributed by atoms with Crippen LogP contribution in [-0.2, 0) is 0 Å². The molecule has 4 aromatic heterocycles. The molecule has 12 aliphatic carbocycles. The third-order valence-electron chi connectivity index (χ3n) is 18.1. The fraction of sp³-hybridized carbons (Fsp3) is 0.267. The van der Waals surface area contributed by atoms with Crippen LogP contribution in [0.25, 0.3) is 67.4 Å². The van der Waals surface area contributed by atoms with Crippen LogP contribution >= 0.6 is 0 Å². The molecule has 0 fully saturated rings. The van der Waals surface area contributed by atoms with E-state index in [-0.39, 0.29) is 0 Å². The molecule has 0 radical (unpaired) electrons. The van der Waals surface area contributed by atoms with Crippen molar-refractivity contribution in [3.63, 3.8) is 0 Å². The van der Waals surface area contributed by atoms with Crippen molar-refractivity contribution < 1.29 is 0 Å². The van der Waals surface area contributed by atoms with Crippen LogP contribution in [0.1, 0.15) is 166 Å². The van der Waals surface area contributed by atoms with E-state index in [2.05, 4.69) is 141 Å². The highest BCUT2D eigenvalue weighted by Gasteiger charge is 2.34. The van der Waals surface area contributed by atoms with Gasteiger partial charge < -0.3 is 19.9 Å². The molecule has 16 bridgehead atoms. The minimum Gasteiger partial charge on any atom is -0.354 e. The second kappa shape index (κ2) is 11.8. The number of benzene rings is 4. The number of rotatable bonds is 0. The highest BCUT2D eigenvalue weighted by Crippen LogP contribution is 2.50. The normalized spacial score (nSPS) is 27.8. The van der Waals surface area contributed by atoms with E-state index >= 15 is 0 Å². The van der Waals surface area contributed by atoms with E-state index in [9.17, 15) is 0 Å². The Morgan fingerprint density at radius 1 is 0.234 bits per heavy atom. The second-order valence-electron chi connectivity index (χ2n) is 21.2. The van der Waals surface area contributed by atoms with E-state index in [4.69, 9.17) is 0 Å². The number of allylic oxidation sites excluding steroid dienone is 8. The number of fused-ring (bicyclic) bond motifs is 24. The van der Waals surface area contributed by atoms with Gasteiger partial charge in [0.05, 0.1) is 0 Å². The van der Waals surface area contributed by atoms with E-state index < -0.39 is 0 Å². The highest BCUT2D eigenvalue weighted by atomic mass is 14.8. The number of aromatic nitrogens is 4. The smallest absolute Gasteiger partial charge is 0.0486 e. The lowest BCUT2D eigenvalue weighted by Gasteiger charge is -2.33. The zero-order chi connectivity index (χ0) is 41.1. The fourth-order valence-corrected chi connectivity index (χ4v) is 14.8. The first-order valence-electron chi connectivity index (χ1n) is 24.5. The van der Waals surface area contributed by atoms with Crippen molar-refractivity contribution in [1.82, 2.24) is 19.9 Å². The Morgan fingerprint density at radius 3 is 0.609 bits per heavy atom. The predicted octanol–water partition coefficient (Wildman–Crippen LogP) is 11.4. The summed E-state index contributed by atoms with van der Waals surface area (Å²) in [6, 6.07) is 20.5. The summed E-state index contributed by atoms with van der Waals surface area (Å²) in [6.45, 7) is 0. The van der Waals surface area contributed by atoms with Crippen LogP contribution in [-0.4, -0.2) is 19.9 Å². The zero-order valence-electron chi connectivity index (χ0n) is 35.8. The van der Waals surface area contributed by atoms with Crippen LogP contribution in [0.3, 0.4) is 0 Å². The van der Waals surface area contributed by atoms with E-state index in [1.807, 2.05) is 0 Å². The molecule has 13 aliphatic rings. The van der Waals surface area contributed by atoms with Crippen molar-refractivity contribution in [3.05, 3.63) is 186 Å². The third kappa shape index (κ3) is 4.40. The molecule has 4 nitrogen and oxygen atoms in total. The molecule has 308 valence electrons. The minimum absolute atomic E-state index is 0.502. The molecule has 8 unspecified atom stereocenters.